The Morgan fingerprint density at radius 2 is 2.16 bits per heavy atom. The number of aliphatic carboxylic acids is 2. The number of thiazole rings is 1. The molecule has 1 unspecified atom stereocenters. The second-order valence-corrected chi connectivity index (χ2v) is 10.2. The van der Waals surface area contributed by atoms with E-state index < -0.39 is 41.7 Å². The van der Waals surface area contributed by atoms with Gasteiger partial charge in [0.2, 0.25) is 11.6 Å². The number of carbonyl (C=O) groups is 5. The number of β-lactam (4-membered cyclic amide) rings is 1. The van der Waals surface area contributed by atoms with Gasteiger partial charge in [-0.2, -0.15) is 0 Å². The number of carboxylic acid groups (broad SMARTS) is 2. The van der Waals surface area contributed by atoms with Crippen LogP contribution in [0.5, 0.6) is 0 Å². The molecule has 1 saturated heterocycles. The van der Waals surface area contributed by atoms with Crippen molar-refractivity contribution in [2.75, 3.05) is 23.9 Å². The number of carboxylic acids is 2. The third kappa shape index (κ3) is 5.45. The molecule has 4 N–H and O–H groups in total. The van der Waals surface area contributed by atoms with E-state index in [0.29, 0.717) is 12.0 Å². The molecule has 200 valence electrons. The zero-order valence-corrected chi connectivity index (χ0v) is 21.6. The standard InChI is InChI=1S/C18H17N9O8S3/c1-35-23-10(8-5-37-17(20-8)19-6-28)13(31)21-11-14(32)27-12(16(33)34)7(3-36-15(11)27)4-38-18-22-24-25-26(18)2-9(29)30/h5-6,11,15H,2-4H2,1H3,(H,21,31)(H,29,30)(H,33,34)(H,19,20,28)/t11?,15-/m1/s1. The fourth-order valence-corrected chi connectivity index (χ4v) is 6.49. The van der Waals surface area contributed by atoms with Crippen LogP contribution >= 0.6 is 34.9 Å². The van der Waals surface area contributed by atoms with Crippen LogP contribution in [-0.2, 0) is 35.4 Å². The third-order valence-electron chi connectivity index (χ3n) is 5.02. The van der Waals surface area contributed by atoms with Gasteiger partial charge in [-0.25, -0.2) is 14.5 Å². The summed E-state index contributed by atoms with van der Waals surface area (Å²) in [5.74, 6) is -3.57. The molecular weight excluding hydrogens is 566 g/mol. The predicted octanol–water partition coefficient (Wildman–Crippen LogP) is -1.34. The van der Waals surface area contributed by atoms with Gasteiger partial charge in [0.25, 0.3) is 11.8 Å². The Morgan fingerprint density at radius 1 is 1.37 bits per heavy atom. The Morgan fingerprint density at radius 3 is 2.84 bits per heavy atom. The summed E-state index contributed by atoms with van der Waals surface area (Å²) < 4.78 is 1.06. The van der Waals surface area contributed by atoms with Crippen LogP contribution in [0.1, 0.15) is 5.69 Å². The Labute approximate surface area is 224 Å². The van der Waals surface area contributed by atoms with Gasteiger partial charge in [0.05, 0.1) is 0 Å². The van der Waals surface area contributed by atoms with Crippen LogP contribution in [0, 0.1) is 0 Å². The molecule has 0 spiro atoms. The van der Waals surface area contributed by atoms with Gasteiger partial charge < -0.3 is 25.7 Å². The Kier molecular flexibility index (Phi) is 8.22. The predicted molar refractivity (Wildman–Crippen MR) is 131 cm³/mol. The summed E-state index contributed by atoms with van der Waals surface area (Å²) in [5.41, 5.74) is 0.0594. The highest BCUT2D eigenvalue weighted by atomic mass is 32.2. The lowest BCUT2D eigenvalue weighted by Gasteiger charge is -2.49. The minimum atomic E-state index is -1.33. The molecule has 17 nitrogen and oxygen atoms in total. The maximum Gasteiger partial charge on any atom is 0.352 e. The molecule has 2 atom stereocenters. The number of oxime groups is 1. The topological polar surface area (TPSA) is 231 Å². The van der Waals surface area contributed by atoms with E-state index in [1.165, 1.54) is 24.3 Å². The number of rotatable bonds is 12. The molecule has 0 radical (unpaired) electrons. The second kappa shape index (κ2) is 11.6. The minimum absolute atomic E-state index is 0.0911. The van der Waals surface area contributed by atoms with Crippen molar-refractivity contribution in [3.8, 4) is 0 Å². The summed E-state index contributed by atoms with van der Waals surface area (Å²) in [6.07, 6.45) is 0.427. The maximum atomic E-state index is 13.0. The number of anilines is 1. The number of carbonyl (C=O) groups excluding carboxylic acids is 3. The lowest BCUT2D eigenvalue weighted by molar-refractivity contribution is -0.150. The SMILES string of the molecule is CON=C(C(=O)NC1C(=O)N2C(C(=O)O)=C(CSc3nnnn3CC(=O)O)CS[C@H]12)c1csc(NC=O)n1. The summed E-state index contributed by atoms with van der Waals surface area (Å²) in [4.78, 5) is 69.5. The van der Waals surface area contributed by atoms with Gasteiger partial charge in [-0.05, 0) is 16.0 Å². The number of hydrogen-bond donors (Lipinski definition) is 4. The van der Waals surface area contributed by atoms with Gasteiger partial charge in [0, 0.05) is 16.9 Å². The van der Waals surface area contributed by atoms with Crippen molar-refractivity contribution in [2.24, 2.45) is 5.16 Å². The van der Waals surface area contributed by atoms with Crippen LogP contribution in [0.2, 0.25) is 0 Å². The molecule has 4 rings (SSSR count). The Balaban J connectivity index is 1.47. The molecule has 0 bridgehead atoms. The highest BCUT2D eigenvalue weighted by Crippen LogP contribution is 2.41. The molecule has 4 heterocycles. The molecule has 20 heteroatoms. The Hall–Kier alpha value is -4.04. The zero-order valence-electron chi connectivity index (χ0n) is 19.1. The molecule has 2 aliphatic rings. The summed E-state index contributed by atoms with van der Waals surface area (Å²) in [6.45, 7) is -0.465. The molecule has 2 aromatic heterocycles. The van der Waals surface area contributed by atoms with E-state index in [2.05, 4.69) is 36.3 Å². The highest BCUT2D eigenvalue weighted by molar-refractivity contribution is 8.01. The quantitative estimate of drug-likeness (QED) is 0.0745. The Bertz CT molecular complexity index is 1360. The molecule has 0 saturated carbocycles. The largest absolute Gasteiger partial charge is 0.480 e. The lowest BCUT2D eigenvalue weighted by atomic mass is 10.0. The summed E-state index contributed by atoms with van der Waals surface area (Å²) in [7, 11) is 1.22. The van der Waals surface area contributed by atoms with Crippen molar-refractivity contribution in [3.05, 3.63) is 22.3 Å². The van der Waals surface area contributed by atoms with Gasteiger partial charge in [0.1, 0.15) is 36.5 Å². The van der Waals surface area contributed by atoms with E-state index in [4.69, 9.17) is 9.94 Å². The van der Waals surface area contributed by atoms with Crippen molar-refractivity contribution in [1.29, 1.82) is 0 Å². The van der Waals surface area contributed by atoms with Crippen LogP contribution in [-0.4, -0.2) is 106 Å². The van der Waals surface area contributed by atoms with Crippen molar-refractivity contribution in [3.63, 3.8) is 0 Å². The number of thioether (sulfide) groups is 2. The van der Waals surface area contributed by atoms with Gasteiger partial charge >= 0.3 is 11.9 Å². The molecule has 1 fully saturated rings. The number of aromatic nitrogens is 5. The number of nitrogens with one attached hydrogen (secondary N) is 2. The summed E-state index contributed by atoms with van der Waals surface area (Å²) >= 11 is 3.33. The third-order valence-corrected chi connectivity index (χ3v) is 8.18. The van der Waals surface area contributed by atoms with Crippen LogP contribution in [0.15, 0.2) is 27.0 Å². The van der Waals surface area contributed by atoms with Gasteiger partial charge in [-0.15, -0.1) is 28.2 Å². The minimum Gasteiger partial charge on any atom is -0.480 e. The fraction of sp³-hybridized carbons (Fsp3) is 0.333. The van der Waals surface area contributed by atoms with E-state index in [1.807, 2.05) is 0 Å². The molecule has 38 heavy (non-hydrogen) atoms. The van der Waals surface area contributed by atoms with Crippen molar-refractivity contribution >= 4 is 75.9 Å². The lowest BCUT2D eigenvalue weighted by Crippen LogP contribution is -2.71. The number of amides is 3. The average Bonchev–Trinajstić information content (AvgIpc) is 3.52. The van der Waals surface area contributed by atoms with Crippen molar-refractivity contribution in [1.82, 2.24) is 35.4 Å². The maximum absolute atomic E-state index is 13.0. The first-order chi connectivity index (χ1) is 18.2. The number of fused-ring (bicyclic) bond motifs is 1. The highest BCUT2D eigenvalue weighted by Gasteiger charge is 2.54. The van der Waals surface area contributed by atoms with E-state index in [1.54, 1.807) is 0 Å². The number of nitrogens with zero attached hydrogens (tertiary/aromatic N) is 7. The monoisotopic (exact) mass is 583 g/mol. The molecule has 2 aromatic rings. The first-order valence-electron chi connectivity index (χ1n) is 10.3. The summed E-state index contributed by atoms with van der Waals surface area (Å²) in [6, 6.07) is -1.04. The van der Waals surface area contributed by atoms with Gasteiger partial charge in [-0.1, -0.05) is 16.9 Å². The molecule has 3 amide bonds. The zero-order chi connectivity index (χ0) is 27.4. The molecular formula is C18H17N9O8S3. The van der Waals surface area contributed by atoms with Crippen molar-refractivity contribution in [2.45, 2.75) is 23.1 Å². The first-order valence-corrected chi connectivity index (χ1v) is 13.2. The van der Waals surface area contributed by atoms with Gasteiger partial charge in [-0.3, -0.25) is 24.1 Å². The fourth-order valence-electron chi connectivity index (χ4n) is 3.48. The van der Waals surface area contributed by atoms with Crippen LogP contribution in [0.4, 0.5) is 5.13 Å². The molecule has 0 aromatic carbocycles. The molecule has 0 aliphatic carbocycles. The summed E-state index contributed by atoms with van der Waals surface area (Å²) in [5, 5.41) is 39.3. The van der Waals surface area contributed by atoms with E-state index in [9.17, 15) is 29.1 Å². The average molecular weight is 584 g/mol. The van der Waals surface area contributed by atoms with Crippen LogP contribution in [0.3, 0.4) is 0 Å². The number of tetrazole rings is 1. The van der Waals surface area contributed by atoms with Crippen LogP contribution < -0.4 is 10.6 Å². The van der Waals surface area contributed by atoms with E-state index in [-0.39, 0.29) is 38.9 Å². The molecule has 2 aliphatic heterocycles. The van der Waals surface area contributed by atoms with Crippen molar-refractivity contribution < 1.29 is 39.0 Å². The smallest absolute Gasteiger partial charge is 0.352 e. The van der Waals surface area contributed by atoms with Gasteiger partial charge in [0.15, 0.2) is 10.8 Å². The second-order valence-electron chi connectivity index (χ2n) is 7.34. The first kappa shape index (κ1) is 27.0. The van der Waals surface area contributed by atoms with E-state index in [0.717, 1.165) is 32.7 Å². The van der Waals surface area contributed by atoms with Crippen LogP contribution in [0.25, 0.3) is 0 Å². The number of hydrogen-bond acceptors (Lipinski definition) is 14. The normalized spacial score (nSPS) is 18.9. The van der Waals surface area contributed by atoms with E-state index >= 15 is 0 Å².